The molecule has 0 aromatic heterocycles. The lowest BCUT2D eigenvalue weighted by molar-refractivity contribution is 0.151. The third-order valence-electron chi connectivity index (χ3n) is 5.35. The van der Waals surface area contributed by atoms with Gasteiger partial charge in [0.05, 0.1) is 6.61 Å². The molecule has 0 atom stereocenters. The van der Waals surface area contributed by atoms with Gasteiger partial charge in [-0.2, -0.15) is 0 Å². The molecule has 0 heterocycles. The molecular formula is C24H47Cl3OSi. The quantitative estimate of drug-likeness (QED) is 0.0605. The molecule has 0 aliphatic rings. The molecule has 0 saturated heterocycles. The fourth-order valence-corrected chi connectivity index (χ4v) is 5.46. The largest absolute Gasteiger partial charge is 0.377 e. The molecule has 0 aromatic rings. The summed E-state index contributed by atoms with van der Waals surface area (Å²) < 4.78 is 5.53. The molecule has 0 bridgehead atoms. The topological polar surface area (TPSA) is 9.23 Å². The zero-order chi connectivity index (χ0) is 21.6. The normalized spacial score (nSPS) is 11.9. The maximum atomic E-state index is 5.89. The van der Waals surface area contributed by atoms with Crippen LogP contribution in [0.1, 0.15) is 122 Å². The summed E-state index contributed by atoms with van der Waals surface area (Å²) in [6.45, 7) is 7.49. The first-order chi connectivity index (χ1) is 13.9. The SMILES string of the molecule is C=C(C)COCCCCCCCCCCCCCCCCCCCC[Si](Cl)(Cl)Cl. The van der Waals surface area contributed by atoms with Crippen molar-refractivity contribution in [3.8, 4) is 0 Å². The molecule has 0 saturated carbocycles. The average Bonchev–Trinajstić information content (AvgIpc) is 2.64. The van der Waals surface area contributed by atoms with Gasteiger partial charge < -0.3 is 4.74 Å². The molecule has 0 radical (unpaired) electrons. The molecule has 0 unspecified atom stereocenters. The van der Waals surface area contributed by atoms with Crippen LogP contribution >= 0.6 is 33.2 Å². The maximum absolute atomic E-state index is 5.89. The van der Waals surface area contributed by atoms with Crippen LogP contribution in [-0.2, 0) is 4.74 Å². The molecule has 5 heteroatoms. The Balaban J connectivity index is 3.04. The highest BCUT2D eigenvalue weighted by atomic mass is 35.8. The zero-order valence-corrected chi connectivity index (χ0v) is 22.4. The second-order valence-electron chi connectivity index (χ2n) is 8.74. The summed E-state index contributed by atoms with van der Waals surface area (Å²) in [5.74, 6) is 0. The molecule has 174 valence electrons. The fourth-order valence-electron chi connectivity index (χ4n) is 3.60. The van der Waals surface area contributed by atoms with Crippen molar-refractivity contribution in [1.82, 2.24) is 0 Å². The van der Waals surface area contributed by atoms with Gasteiger partial charge in [-0.25, -0.2) is 0 Å². The number of hydrogen-bond acceptors (Lipinski definition) is 1. The molecule has 0 amide bonds. The minimum atomic E-state index is -2.36. The van der Waals surface area contributed by atoms with E-state index in [1.54, 1.807) is 0 Å². The van der Waals surface area contributed by atoms with Crippen molar-refractivity contribution >= 4 is 39.2 Å². The molecule has 29 heavy (non-hydrogen) atoms. The molecule has 0 aliphatic heterocycles. The van der Waals surface area contributed by atoms with Crippen LogP contribution in [0.5, 0.6) is 0 Å². The van der Waals surface area contributed by atoms with E-state index in [4.69, 9.17) is 38.0 Å². The van der Waals surface area contributed by atoms with E-state index in [1.807, 2.05) is 6.92 Å². The van der Waals surface area contributed by atoms with Gasteiger partial charge in [0, 0.05) is 6.61 Å². The van der Waals surface area contributed by atoms with Gasteiger partial charge in [0.1, 0.15) is 0 Å². The summed E-state index contributed by atoms with van der Waals surface area (Å²) in [6, 6.07) is -1.54. The van der Waals surface area contributed by atoms with Crippen LogP contribution in [0.25, 0.3) is 0 Å². The number of rotatable bonds is 23. The Bertz CT molecular complexity index is 359. The summed E-state index contributed by atoms with van der Waals surface area (Å²) in [6.07, 6.45) is 24.4. The van der Waals surface area contributed by atoms with Crippen molar-refractivity contribution in [3.05, 3.63) is 12.2 Å². The summed E-state index contributed by atoms with van der Waals surface area (Å²) in [4.78, 5) is 0. The first-order valence-corrected chi connectivity index (χ1v) is 17.4. The molecule has 0 fully saturated rings. The maximum Gasteiger partial charge on any atom is 0.341 e. The summed E-state index contributed by atoms with van der Waals surface area (Å²) in [7, 11) is 0. The van der Waals surface area contributed by atoms with Crippen molar-refractivity contribution in [2.75, 3.05) is 13.2 Å². The Morgan fingerprint density at radius 3 is 1.21 bits per heavy atom. The van der Waals surface area contributed by atoms with Gasteiger partial charge in [-0.15, -0.1) is 33.2 Å². The molecule has 0 aromatic carbocycles. The molecule has 0 spiro atoms. The van der Waals surface area contributed by atoms with Crippen molar-refractivity contribution < 1.29 is 4.74 Å². The molecule has 1 nitrogen and oxygen atoms in total. The smallest absolute Gasteiger partial charge is 0.341 e. The predicted molar refractivity (Wildman–Crippen MR) is 137 cm³/mol. The fraction of sp³-hybridized carbons (Fsp3) is 0.917. The summed E-state index contributed by atoms with van der Waals surface area (Å²) >= 11 is 17.7. The van der Waals surface area contributed by atoms with Gasteiger partial charge in [0.15, 0.2) is 0 Å². The first kappa shape index (κ1) is 29.8. The molecule has 0 aliphatic carbocycles. The number of hydrogen-bond donors (Lipinski definition) is 0. The van der Waals surface area contributed by atoms with Crippen molar-refractivity contribution in [2.24, 2.45) is 0 Å². The van der Waals surface area contributed by atoms with Gasteiger partial charge >= 0.3 is 6.00 Å². The van der Waals surface area contributed by atoms with Gasteiger partial charge in [0.2, 0.25) is 0 Å². The van der Waals surface area contributed by atoms with Gasteiger partial charge in [0.25, 0.3) is 0 Å². The van der Waals surface area contributed by atoms with Gasteiger partial charge in [-0.1, -0.05) is 121 Å². The summed E-state index contributed by atoms with van der Waals surface area (Å²) in [5, 5.41) is 0. The van der Waals surface area contributed by atoms with Crippen LogP contribution in [0.15, 0.2) is 12.2 Å². The van der Waals surface area contributed by atoms with E-state index < -0.39 is 6.00 Å². The van der Waals surface area contributed by atoms with Gasteiger partial charge in [-0.3, -0.25) is 0 Å². The lowest BCUT2D eigenvalue weighted by Gasteiger charge is -2.07. The predicted octanol–water partition coefficient (Wildman–Crippen LogP) is 10.3. The van der Waals surface area contributed by atoms with Crippen LogP contribution in [0.4, 0.5) is 0 Å². The lowest BCUT2D eigenvalue weighted by Crippen LogP contribution is -2.07. The third-order valence-corrected chi connectivity index (χ3v) is 7.97. The number of halogens is 3. The highest BCUT2D eigenvalue weighted by Gasteiger charge is 2.23. The Morgan fingerprint density at radius 2 is 0.897 bits per heavy atom. The first-order valence-electron chi connectivity index (χ1n) is 12.2. The average molecular weight is 486 g/mol. The Labute approximate surface area is 197 Å². The second kappa shape index (κ2) is 22.0. The highest BCUT2D eigenvalue weighted by Crippen LogP contribution is 2.27. The minimum Gasteiger partial charge on any atom is -0.377 e. The van der Waals surface area contributed by atoms with E-state index in [0.29, 0.717) is 0 Å². The highest BCUT2D eigenvalue weighted by molar-refractivity contribution is 7.64. The van der Waals surface area contributed by atoms with E-state index in [0.717, 1.165) is 31.3 Å². The van der Waals surface area contributed by atoms with Crippen LogP contribution in [0.2, 0.25) is 6.04 Å². The Kier molecular flexibility index (Phi) is 22.6. The monoisotopic (exact) mass is 484 g/mol. The Morgan fingerprint density at radius 1 is 0.586 bits per heavy atom. The molecule has 0 rings (SSSR count). The number of unbranched alkanes of at least 4 members (excludes halogenated alkanes) is 17. The van der Waals surface area contributed by atoms with Crippen LogP contribution in [0, 0.1) is 0 Å². The third kappa shape index (κ3) is 28.8. The molecule has 0 N–H and O–H groups in total. The van der Waals surface area contributed by atoms with E-state index >= 15 is 0 Å². The summed E-state index contributed by atoms with van der Waals surface area (Å²) in [5.41, 5.74) is 1.12. The second-order valence-corrected chi connectivity index (χ2v) is 18.0. The lowest BCUT2D eigenvalue weighted by atomic mass is 10.0. The van der Waals surface area contributed by atoms with Crippen molar-refractivity contribution in [3.63, 3.8) is 0 Å². The van der Waals surface area contributed by atoms with Crippen LogP contribution < -0.4 is 0 Å². The van der Waals surface area contributed by atoms with Crippen molar-refractivity contribution in [2.45, 2.75) is 129 Å². The Hall–Kier alpha value is 0.787. The van der Waals surface area contributed by atoms with Gasteiger partial charge in [-0.05, 0) is 19.4 Å². The minimum absolute atomic E-state index is 0.724. The number of ether oxygens (including phenoxy) is 1. The van der Waals surface area contributed by atoms with Crippen LogP contribution in [0.3, 0.4) is 0 Å². The van der Waals surface area contributed by atoms with E-state index in [9.17, 15) is 0 Å². The van der Waals surface area contributed by atoms with E-state index in [-0.39, 0.29) is 0 Å². The van der Waals surface area contributed by atoms with Crippen LogP contribution in [-0.4, -0.2) is 19.2 Å². The molecular weight excluding hydrogens is 439 g/mol. The van der Waals surface area contributed by atoms with Crippen molar-refractivity contribution in [1.29, 1.82) is 0 Å². The standard InChI is InChI=1S/C24H47Cl3OSi/c1-24(2)23-28-21-19-17-15-13-11-9-7-5-3-4-6-8-10-12-14-16-18-20-22-29(25,26)27/h1,3-23H2,2H3. The van der Waals surface area contributed by atoms with E-state index in [1.165, 1.54) is 109 Å². The zero-order valence-electron chi connectivity index (χ0n) is 19.1. The van der Waals surface area contributed by atoms with E-state index in [2.05, 4.69) is 6.58 Å².